The highest BCUT2D eigenvalue weighted by Crippen LogP contribution is 2.05. The Hall–Kier alpha value is -0.810. The molecule has 0 saturated carbocycles. The maximum atomic E-state index is 11.5. The van der Waals surface area contributed by atoms with Crippen LogP contribution < -0.4 is 0 Å². The molecule has 0 spiro atoms. The fraction of sp³-hybridized carbons (Fsp3) is 0.958. The minimum absolute atomic E-state index is 0.140. The predicted octanol–water partition coefficient (Wildman–Crippen LogP) is 3.03. The Morgan fingerprint density at radius 2 is 0.818 bits per heavy atom. The Morgan fingerprint density at radius 1 is 0.455 bits per heavy atom. The first-order valence-electron chi connectivity index (χ1n) is 12.5. The number of carbonyl (C=O) groups excluding carboxylic acids is 1. The molecule has 0 amide bonds. The van der Waals surface area contributed by atoms with E-state index in [2.05, 4.69) is 6.92 Å². The Bertz CT molecular complexity index is 383. The molecule has 0 fully saturated rings. The topological polar surface area (TPSA) is 90.9 Å². The Labute approximate surface area is 200 Å². The molecule has 33 heavy (non-hydrogen) atoms. The average molecular weight is 481 g/mol. The molecule has 0 aromatic heterocycles. The zero-order valence-corrected chi connectivity index (χ0v) is 21.0. The van der Waals surface area contributed by atoms with Gasteiger partial charge in [-0.05, 0) is 13.3 Å². The van der Waals surface area contributed by atoms with Crippen LogP contribution >= 0.6 is 0 Å². The number of rotatable bonds is 28. The molecule has 0 atom stereocenters. The highest BCUT2D eigenvalue weighted by atomic mass is 16.6. The predicted molar refractivity (Wildman–Crippen MR) is 126 cm³/mol. The third-order valence-corrected chi connectivity index (χ3v) is 4.41. The molecular weight excluding hydrogens is 432 g/mol. The summed E-state index contributed by atoms with van der Waals surface area (Å²) in [4.78, 5) is 11.5. The summed E-state index contributed by atoms with van der Waals surface area (Å²) in [6.45, 7) is 11.9. The third kappa shape index (κ3) is 29.2. The first-order valence-corrected chi connectivity index (χ1v) is 12.5. The maximum absolute atomic E-state index is 11.5. The molecule has 0 aliphatic rings. The van der Waals surface area contributed by atoms with E-state index in [4.69, 9.17) is 37.9 Å². The minimum atomic E-state index is -0.140. The van der Waals surface area contributed by atoms with Crippen molar-refractivity contribution in [2.75, 3.05) is 99.1 Å². The number of carbonyl (C=O) groups is 1. The molecule has 0 radical (unpaired) electrons. The highest BCUT2D eigenvalue weighted by molar-refractivity contribution is 5.69. The van der Waals surface area contributed by atoms with Crippen molar-refractivity contribution in [3.05, 3.63) is 0 Å². The van der Waals surface area contributed by atoms with Crippen LogP contribution in [0.25, 0.3) is 0 Å². The van der Waals surface area contributed by atoms with Gasteiger partial charge in [-0.1, -0.05) is 32.6 Å². The van der Waals surface area contributed by atoms with Gasteiger partial charge < -0.3 is 37.9 Å². The lowest BCUT2D eigenvalue weighted by Crippen LogP contribution is -2.15. The standard InChI is InChI=1S/C24H48O9/c1-3-5-6-7-8-9-24(25)33-23-22-32-21-20-31-19-18-30-17-16-29-15-14-28-13-12-27-11-10-26-4-2/h3-23H2,1-2H3. The lowest BCUT2D eigenvalue weighted by Gasteiger charge is -2.08. The van der Waals surface area contributed by atoms with Crippen molar-refractivity contribution in [3.63, 3.8) is 0 Å². The van der Waals surface area contributed by atoms with Crippen LogP contribution in [0, 0.1) is 0 Å². The van der Waals surface area contributed by atoms with Gasteiger partial charge in [0.25, 0.3) is 0 Å². The minimum Gasteiger partial charge on any atom is -0.463 e. The Balaban J connectivity index is 3.08. The Morgan fingerprint density at radius 3 is 1.21 bits per heavy atom. The molecular formula is C24H48O9. The molecule has 0 aliphatic carbocycles. The third-order valence-electron chi connectivity index (χ3n) is 4.41. The second-order valence-electron chi connectivity index (χ2n) is 7.26. The van der Waals surface area contributed by atoms with Crippen LogP contribution in [-0.4, -0.2) is 105 Å². The van der Waals surface area contributed by atoms with Crippen molar-refractivity contribution in [1.82, 2.24) is 0 Å². The number of ether oxygens (including phenoxy) is 8. The molecule has 9 nitrogen and oxygen atoms in total. The maximum Gasteiger partial charge on any atom is 0.305 e. The molecule has 0 rings (SSSR count). The molecule has 0 aliphatic heterocycles. The largest absolute Gasteiger partial charge is 0.463 e. The van der Waals surface area contributed by atoms with Crippen LogP contribution in [-0.2, 0) is 42.7 Å². The zero-order valence-electron chi connectivity index (χ0n) is 21.0. The molecule has 0 saturated heterocycles. The van der Waals surface area contributed by atoms with Gasteiger partial charge in [0.2, 0.25) is 0 Å². The molecule has 198 valence electrons. The van der Waals surface area contributed by atoms with Crippen molar-refractivity contribution < 1.29 is 42.7 Å². The van der Waals surface area contributed by atoms with E-state index >= 15 is 0 Å². The fourth-order valence-electron chi connectivity index (χ4n) is 2.62. The van der Waals surface area contributed by atoms with E-state index in [1.807, 2.05) is 6.92 Å². The van der Waals surface area contributed by atoms with E-state index in [0.29, 0.717) is 106 Å². The summed E-state index contributed by atoms with van der Waals surface area (Å²) >= 11 is 0. The molecule has 0 bridgehead atoms. The first kappa shape index (κ1) is 32.2. The van der Waals surface area contributed by atoms with Crippen molar-refractivity contribution in [2.45, 2.75) is 52.4 Å². The van der Waals surface area contributed by atoms with E-state index in [-0.39, 0.29) is 5.97 Å². The van der Waals surface area contributed by atoms with E-state index in [0.717, 1.165) is 12.8 Å². The van der Waals surface area contributed by atoms with Crippen molar-refractivity contribution in [1.29, 1.82) is 0 Å². The monoisotopic (exact) mass is 480 g/mol. The second-order valence-corrected chi connectivity index (χ2v) is 7.26. The van der Waals surface area contributed by atoms with Gasteiger partial charge in [0.1, 0.15) is 6.61 Å². The normalized spacial score (nSPS) is 11.2. The summed E-state index contributed by atoms with van der Waals surface area (Å²) in [7, 11) is 0. The summed E-state index contributed by atoms with van der Waals surface area (Å²) in [5.74, 6) is -0.140. The van der Waals surface area contributed by atoms with Crippen LogP contribution in [0.15, 0.2) is 0 Å². The second kappa shape index (κ2) is 29.2. The number of unbranched alkanes of at least 4 members (excludes halogenated alkanes) is 4. The Kier molecular flexibility index (Phi) is 28.5. The van der Waals surface area contributed by atoms with Crippen LogP contribution in [0.2, 0.25) is 0 Å². The van der Waals surface area contributed by atoms with Crippen LogP contribution in [0.4, 0.5) is 0 Å². The number of esters is 1. The summed E-state index contributed by atoms with van der Waals surface area (Å²) in [6.07, 6.45) is 6.12. The smallest absolute Gasteiger partial charge is 0.305 e. The highest BCUT2D eigenvalue weighted by Gasteiger charge is 2.02. The van der Waals surface area contributed by atoms with Crippen molar-refractivity contribution >= 4 is 5.97 Å². The van der Waals surface area contributed by atoms with E-state index in [9.17, 15) is 4.79 Å². The van der Waals surface area contributed by atoms with Gasteiger partial charge in [-0.15, -0.1) is 0 Å². The SMILES string of the molecule is CCCCCCCC(=O)OCCOCCOCCOCCOCCOCCOCCOCC. The van der Waals surface area contributed by atoms with Crippen LogP contribution in [0.3, 0.4) is 0 Å². The van der Waals surface area contributed by atoms with Crippen LogP contribution in [0.5, 0.6) is 0 Å². The van der Waals surface area contributed by atoms with E-state index in [1.54, 1.807) is 0 Å². The number of hydrogen-bond donors (Lipinski definition) is 0. The summed E-state index contributed by atoms with van der Waals surface area (Å²) in [5, 5.41) is 0. The lowest BCUT2D eigenvalue weighted by molar-refractivity contribution is -0.145. The van der Waals surface area contributed by atoms with Crippen LogP contribution in [0.1, 0.15) is 52.4 Å². The zero-order chi connectivity index (χ0) is 24.1. The summed E-state index contributed by atoms with van der Waals surface area (Å²) in [5.41, 5.74) is 0. The molecule has 0 N–H and O–H groups in total. The first-order chi connectivity index (χ1) is 16.3. The fourth-order valence-corrected chi connectivity index (χ4v) is 2.62. The van der Waals surface area contributed by atoms with Gasteiger partial charge in [-0.2, -0.15) is 0 Å². The molecule has 0 aromatic rings. The van der Waals surface area contributed by atoms with E-state index < -0.39 is 0 Å². The van der Waals surface area contributed by atoms with Gasteiger partial charge in [0, 0.05) is 13.0 Å². The molecule has 0 aromatic carbocycles. The summed E-state index contributed by atoms with van der Waals surface area (Å²) in [6, 6.07) is 0. The quantitative estimate of drug-likeness (QED) is 0.124. The number of hydrogen-bond acceptors (Lipinski definition) is 9. The van der Waals surface area contributed by atoms with Gasteiger partial charge in [0.05, 0.1) is 85.9 Å². The summed E-state index contributed by atoms with van der Waals surface area (Å²) < 4.78 is 42.7. The van der Waals surface area contributed by atoms with Crippen molar-refractivity contribution in [3.8, 4) is 0 Å². The lowest BCUT2D eigenvalue weighted by atomic mass is 10.1. The average Bonchev–Trinajstić information content (AvgIpc) is 2.82. The van der Waals surface area contributed by atoms with Crippen molar-refractivity contribution in [2.24, 2.45) is 0 Å². The molecule has 0 heterocycles. The van der Waals surface area contributed by atoms with Gasteiger partial charge >= 0.3 is 5.97 Å². The molecule has 0 unspecified atom stereocenters. The van der Waals surface area contributed by atoms with Gasteiger partial charge in [0.15, 0.2) is 0 Å². The van der Waals surface area contributed by atoms with E-state index in [1.165, 1.54) is 19.3 Å². The molecule has 9 heteroatoms. The van der Waals surface area contributed by atoms with Gasteiger partial charge in [-0.3, -0.25) is 4.79 Å². The van der Waals surface area contributed by atoms with Gasteiger partial charge in [-0.25, -0.2) is 0 Å².